The summed E-state index contributed by atoms with van der Waals surface area (Å²) >= 11 is 0. The summed E-state index contributed by atoms with van der Waals surface area (Å²) in [6.07, 6.45) is 8.34. The van der Waals surface area contributed by atoms with Gasteiger partial charge in [-0.2, -0.15) is 0 Å². The van der Waals surface area contributed by atoms with Gasteiger partial charge in [-0.3, -0.25) is 24.6 Å². The zero-order valence-electron chi connectivity index (χ0n) is 18.2. The molecule has 0 bridgehead atoms. The first kappa shape index (κ1) is 26.1. The van der Waals surface area contributed by atoms with Crippen LogP contribution in [0.15, 0.2) is 30.3 Å². The third kappa shape index (κ3) is 10.6. The molecule has 1 aromatic carbocycles. The molecule has 0 aliphatic carbocycles. The van der Waals surface area contributed by atoms with Gasteiger partial charge >= 0.3 is 11.9 Å². The predicted octanol–water partition coefficient (Wildman–Crippen LogP) is 4.15. The van der Waals surface area contributed by atoms with E-state index in [4.69, 9.17) is 10.2 Å². The van der Waals surface area contributed by atoms with Crippen LogP contribution in [0.4, 0.5) is 5.69 Å². The number of nitrogens with one attached hydrogen (secondary N) is 1. The Bertz CT molecular complexity index is 687. The van der Waals surface area contributed by atoms with E-state index in [1.165, 1.54) is 5.01 Å². The minimum Gasteiger partial charge on any atom is -0.481 e. The second-order valence-electron chi connectivity index (χ2n) is 7.59. The van der Waals surface area contributed by atoms with Gasteiger partial charge in [-0.1, -0.05) is 63.6 Å². The van der Waals surface area contributed by atoms with Gasteiger partial charge in [-0.05, 0) is 31.4 Å². The topological polar surface area (TPSA) is 124 Å². The summed E-state index contributed by atoms with van der Waals surface area (Å²) in [6, 6.07) is 9.17. The van der Waals surface area contributed by atoms with E-state index >= 15 is 0 Å². The van der Waals surface area contributed by atoms with E-state index in [0.717, 1.165) is 51.4 Å². The van der Waals surface area contributed by atoms with Gasteiger partial charge in [0.2, 0.25) is 0 Å². The van der Waals surface area contributed by atoms with Crippen LogP contribution >= 0.6 is 0 Å². The maximum atomic E-state index is 12.1. The van der Waals surface area contributed by atoms with Crippen molar-refractivity contribution in [3.05, 3.63) is 30.3 Å². The Morgan fingerprint density at radius 1 is 0.871 bits per heavy atom. The van der Waals surface area contributed by atoms with Crippen LogP contribution in [0.5, 0.6) is 0 Å². The van der Waals surface area contributed by atoms with Crippen molar-refractivity contribution in [2.75, 3.05) is 5.01 Å². The van der Waals surface area contributed by atoms with Crippen LogP contribution in [0.2, 0.25) is 0 Å². The molecule has 1 saturated heterocycles. The third-order valence-electron chi connectivity index (χ3n) is 4.95. The molecule has 172 valence electrons. The van der Waals surface area contributed by atoms with Gasteiger partial charge in [0, 0.05) is 12.8 Å². The molecule has 8 heteroatoms. The summed E-state index contributed by atoms with van der Waals surface area (Å²) in [4.78, 5) is 44.1. The quantitative estimate of drug-likeness (QED) is 0.316. The Morgan fingerprint density at radius 2 is 1.39 bits per heavy atom. The van der Waals surface area contributed by atoms with E-state index in [0.29, 0.717) is 12.1 Å². The van der Waals surface area contributed by atoms with Crippen molar-refractivity contribution in [3.63, 3.8) is 0 Å². The molecule has 0 radical (unpaired) electrons. The highest BCUT2D eigenvalue weighted by molar-refractivity contribution is 6.14. The molecule has 1 atom stereocenters. The SMILES string of the molecule is CCCCC1C(=O)NN(c2ccccc2)C1=O.O=C(O)CCCCCCCCC(=O)O. The Labute approximate surface area is 183 Å². The number of para-hydroxylation sites is 1. The number of rotatable bonds is 13. The van der Waals surface area contributed by atoms with Gasteiger partial charge in [0.1, 0.15) is 5.92 Å². The van der Waals surface area contributed by atoms with Crippen LogP contribution in [0.3, 0.4) is 0 Å². The van der Waals surface area contributed by atoms with Crippen LogP contribution in [-0.2, 0) is 19.2 Å². The third-order valence-corrected chi connectivity index (χ3v) is 4.95. The molecular formula is C23H34N2O6. The van der Waals surface area contributed by atoms with E-state index < -0.39 is 17.9 Å². The highest BCUT2D eigenvalue weighted by atomic mass is 16.4. The van der Waals surface area contributed by atoms with Crippen LogP contribution in [0.1, 0.15) is 77.6 Å². The van der Waals surface area contributed by atoms with Gasteiger partial charge in [0.05, 0.1) is 5.69 Å². The molecule has 1 fully saturated rings. The smallest absolute Gasteiger partial charge is 0.303 e. The summed E-state index contributed by atoms with van der Waals surface area (Å²) in [5, 5.41) is 18.0. The van der Waals surface area contributed by atoms with Gasteiger partial charge < -0.3 is 10.2 Å². The molecule has 1 heterocycles. The van der Waals surface area contributed by atoms with Gasteiger partial charge in [-0.25, -0.2) is 5.01 Å². The van der Waals surface area contributed by atoms with E-state index in [2.05, 4.69) is 5.43 Å². The van der Waals surface area contributed by atoms with Gasteiger partial charge in [0.15, 0.2) is 0 Å². The van der Waals surface area contributed by atoms with Crippen LogP contribution < -0.4 is 10.4 Å². The lowest BCUT2D eigenvalue weighted by molar-refractivity contribution is -0.138. The standard InChI is InChI=1S/C13H16N2O2.C10H18O4/c1-2-3-9-11-12(16)14-15(13(11)17)10-7-5-4-6-8-10;11-9(12)7-5-3-1-2-4-6-8-10(13)14/h4-8,11H,2-3,9H2,1H3,(H,14,16);1-8H2,(H,11,12)(H,13,14). The van der Waals surface area contributed by atoms with E-state index in [-0.39, 0.29) is 24.7 Å². The second kappa shape index (κ2) is 15.0. The number of benzene rings is 1. The number of hydrogen-bond acceptors (Lipinski definition) is 4. The summed E-state index contributed by atoms with van der Waals surface area (Å²) in [5.41, 5.74) is 3.34. The fourth-order valence-corrected chi connectivity index (χ4v) is 3.20. The van der Waals surface area contributed by atoms with Crippen molar-refractivity contribution >= 4 is 29.4 Å². The Balaban J connectivity index is 0.000000318. The van der Waals surface area contributed by atoms with Crippen molar-refractivity contribution in [1.29, 1.82) is 0 Å². The average Bonchev–Trinajstić information content (AvgIpc) is 3.02. The maximum absolute atomic E-state index is 12.1. The molecule has 3 N–H and O–H groups in total. The van der Waals surface area contributed by atoms with Crippen molar-refractivity contribution in [2.24, 2.45) is 5.92 Å². The first-order chi connectivity index (χ1) is 14.9. The first-order valence-electron chi connectivity index (χ1n) is 11.0. The predicted molar refractivity (Wildman–Crippen MR) is 117 cm³/mol. The molecule has 8 nitrogen and oxygen atoms in total. The lowest BCUT2D eigenvalue weighted by atomic mass is 10.0. The molecule has 0 aromatic heterocycles. The normalized spacial score (nSPS) is 15.3. The van der Waals surface area contributed by atoms with E-state index in [1.807, 2.05) is 25.1 Å². The molecule has 1 aromatic rings. The number of carbonyl (C=O) groups is 4. The Hall–Kier alpha value is -2.90. The number of hydrogen-bond donors (Lipinski definition) is 3. The minimum absolute atomic E-state index is 0.144. The van der Waals surface area contributed by atoms with E-state index in [9.17, 15) is 19.2 Å². The van der Waals surface area contributed by atoms with Gasteiger partial charge in [0.25, 0.3) is 11.8 Å². The number of carbonyl (C=O) groups excluding carboxylic acids is 2. The van der Waals surface area contributed by atoms with Crippen molar-refractivity contribution in [1.82, 2.24) is 5.43 Å². The summed E-state index contributed by atoms with van der Waals surface area (Å²) in [5.74, 6) is -2.33. The number of carboxylic acids is 2. The zero-order valence-corrected chi connectivity index (χ0v) is 18.2. The number of nitrogens with zero attached hydrogens (tertiary/aromatic N) is 1. The first-order valence-corrected chi connectivity index (χ1v) is 11.0. The number of aliphatic carboxylic acids is 2. The van der Waals surface area contributed by atoms with E-state index in [1.54, 1.807) is 12.1 Å². The molecule has 31 heavy (non-hydrogen) atoms. The average molecular weight is 435 g/mol. The fraction of sp³-hybridized carbons (Fsp3) is 0.565. The Morgan fingerprint density at radius 3 is 1.87 bits per heavy atom. The molecular weight excluding hydrogens is 400 g/mol. The molecule has 0 saturated carbocycles. The van der Waals surface area contributed by atoms with Crippen LogP contribution in [-0.4, -0.2) is 34.0 Å². The number of unbranched alkanes of at least 4 members (excludes halogenated alkanes) is 6. The highest BCUT2D eigenvalue weighted by Crippen LogP contribution is 2.22. The lowest BCUT2D eigenvalue weighted by Crippen LogP contribution is -2.35. The van der Waals surface area contributed by atoms with Gasteiger partial charge in [-0.15, -0.1) is 0 Å². The summed E-state index contributed by atoms with van der Waals surface area (Å²) in [6.45, 7) is 2.05. The summed E-state index contributed by atoms with van der Waals surface area (Å²) in [7, 11) is 0. The minimum atomic E-state index is -0.740. The number of amides is 2. The number of anilines is 1. The molecule has 1 aliphatic heterocycles. The monoisotopic (exact) mass is 434 g/mol. The van der Waals surface area contributed by atoms with Crippen LogP contribution in [0.25, 0.3) is 0 Å². The largest absolute Gasteiger partial charge is 0.481 e. The van der Waals surface area contributed by atoms with Crippen molar-refractivity contribution in [3.8, 4) is 0 Å². The Kier molecular flexibility index (Phi) is 12.6. The van der Waals surface area contributed by atoms with Crippen LogP contribution in [0, 0.1) is 5.92 Å². The maximum Gasteiger partial charge on any atom is 0.303 e. The number of carboxylic acid groups (broad SMARTS) is 2. The summed E-state index contributed by atoms with van der Waals surface area (Å²) < 4.78 is 0. The molecule has 1 unspecified atom stereocenters. The molecule has 1 aliphatic rings. The lowest BCUT2D eigenvalue weighted by Gasteiger charge is -2.14. The second-order valence-corrected chi connectivity index (χ2v) is 7.59. The highest BCUT2D eigenvalue weighted by Gasteiger charge is 2.39. The molecule has 0 spiro atoms. The fourth-order valence-electron chi connectivity index (χ4n) is 3.20. The molecule has 2 rings (SSSR count). The van der Waals surface area contributed by atoms with Crippen molar-refractivity contribution in [2.45, 2.75) is 77.6 Å². The molecule has 2 amide bonds. The number of hydrazine groups is 1. The zero-order chi connectivity index (χ0) is 23.1. The van der Waals surface area contributed by atoms with Crippen molar-refractivity contribution < 1.29 is 29.4 Å².